The molecule has 0 aromatic rings. The lowest BCUT2D eigenvalue weighted by atomic mass is 9.93. The van der Waals surface area contributed by atoms with Crippen molar-refractivity contribution >= 4 is 17.7 Å². The van der Waals surface area contributed by atoms with Gasteiger partial charge in [0.1, 0.15) is 97.5 Å². The Labute approximate surface area is 307 Å². The summed E-state index contributed by atoms with van der Waals surface area (Å²) >= 11 is 0. The molecule has 0 saturated carbocycles. The third-order valence-electron chi connectivity index (χ3n) is 9.41. The second kappa shape index (κ2) is 19.2. The molecule has 0 radical (unpaired) electrons. The Kier molecular flexibility index (Phi) is 15.8. The molecule has 24 heteroatoms. The maximum Gasteiger partial charge on any atom is 0.217 e. The van der Waals surface area contributed by atoms with Crippen LogP contribution in [0, 0.1) is 0 Å². The van der Waals surface area contributed by atoms with E-state index >= 15 is 0 Å². The molecule has 0 aliphatic carbocycles. The van der Waals surface area contributed by atoms with E-state index < -0.39 is 167 Å². The van der Waals surface area contributed by atoms with Crippen molar-refractivity contribution in [3.63, 3.8) is 0 Å². The average molecular weight is 790 g/mol. The third-order valence-corrected chi connectivity index (χ3v) is 9.41. The molecule has 0 aromatic heterocycles. The minimum absolute atomic E-state index is 0.683. The lowest BCUT2D eigenvalue weighted by Gasteiger charge is -2.51. The molecule has 54 heavy (non-hydrogen) atoms. The van der Waals surface area contributed by atoms with Crippen LogP contribution >= 0.6 is 0 Å². The number of aliphatic hydroxyl groups is 11. The maximum atomic E-state index is 12.4. The summed E-state index contributed by atoms with van der Waals surface area (Å²) in [5.74, 6) is -2.19. The highest BCUT2D eigenvalue weighted by Gasteiger charge is 2.56. The maximum absolute atomic E-state index is 12.4. The summed E-state index contributed by atoms with van der Waals surface area (Å²) < 4.78 is 40.0. The fourth-order valence-electron chi connectivity index (χ4n) is 6.75. The molecule has 4 heterocycles. The van der Waals surface area contributed by atoms with Crippen LogP contribution in [-0.4, -0.2) is 223 Å². The van der Waals surface area contributed by atoms with Gasteiger partial charge < -0.3 is 105 Å². The first-order valence-corrected chi connectivity index (χ1v) is 17.1. The fraction of sp³-hybridized carbons (Fsp3) is 0.900. The summed E-state index contributed by atoms with van der Waals surface area (Å²) in [5.41, 5.74) is 0. The van der Waals surface area contributed by atoms with Crippen molar-refractivity contribution in [2.75, 3.05) is 26.4 Å². The van der Waals surface area contributed by atoms with Crippen LogP contribution in [0.15, 0.2) is 0 Å². The number of hydrogen-bond donors (Lipinski definition) is 14. The molecular weight excluding hydrogens is 738 g/mol. The van der Waals surface area contributed by atoms with Gasteiger partial charge in [-0.05, 0) is 0 Å². The smallest absolute Gasteiger partial charge is 0.217 e. The average Bonchev–Trinajstić information content (AvgIpc) is 3.11. The molecule has 0 bridgehead atoms. The Morgan fingerprint density at radius 2 is 0.833 bits per heavy atom. The number of carbonyl (C=O) groups excluding carboxylic acids is 3. The zero-order valence-corrected chi connectivity index (χ0v) is 29.4. The topological polar surface area (TPSA) is 374 Å². The fourth-order valence-corrected chi connectivity index (χ4v) is 6.75. The monoisotopic (exact) mass is 789 g/mol. The highest BCUT2D eigenvalue weighted by molar-refractivity contribution is 5.74. The van der Waals surface area contributed by atoms with Gasteiger partial charge in [-0.15, -0.1) is 0 Å². The minimum Gasteiger partial charge on any atom is -0.394 e. The molecule has 1 unspecified atom stereocenters. The predicted octanol–water partition coefficient (Wildman–Crippen LogP) is -9.32. The van der Waals surface area contributed by atoms with Gasteiger partial charge in [0.2, 0.25) is 17.7 Å². The van der Waals surface area contributed by atoms with Crippen LogP contribution in [0.25, 0.3) is 0 Å². The van der Waals surface area contributed by atoms with Crippen LogP contribution in [0.4, 0.5) is 0 Å². The van der Waals surface area contributed by atoms with E-state index in [0.29, 0.717) is 0 Å². The van der Waals surface area contributed by atoms with E-state index in [1.165, 1.54) is 0 Å². The second-order valence-electron chi connectivity index (χ2n) is 13.3. The van der Waals surface area contributed by atoms with E-state index in [2.05, 4.69) is 16.0 Å². The van der Waals surface area contributed by atoms with Crippen LogP contribution < -0.4 is 16.0 Å². The lowest BCUT2D eigenvalue weighted by molar-refractivity contribution is -0.365. The normalized spacial score (nSPS) is 45.7. The Hall–Kier alpha value is -2.31. The van der Waals surface area contributed by atoms with E-state index in [1.54, 1.807) is 0 Å². The molecule has 3 amide bonds. The summed E-state index contributed by atoms with van der Waals surface area (Å²) in [5, 5.41) is 122. The molecule has 20 atom stereocenters. The van der Waals surface area contributed by atoms with Crippen molar-refractivity contribution in [3.05, 3.63) is 0 Å². The van der Waals surface area contributed by atoms with E-state index in [0.717, 1.165) is 20.8 Å². The van der Waals surface area contributed by atoms with Gasteiger partial charge in [0.15, 0.2) is 25.2 Å². The van der Waals surface area contributed by atoms with Gasteiger partial charge in [-0.2, -0.15) is 0 Å². The van der Waals surface area contributed by atoms with E-state index in [9.17, 15) is 70.6 Å². The molecular formula is C30H51N3O21. The molecule has 4 fully saturated rings. The molecule has 4 rings (SSSR count). The first-order valence-electron chi connectivity index (χ1n) is 17.1. The highest BCUT2D eigenvalue weighted by Crippen LogP contribution is 2.34. The van der Waals surface area contributed by atoms with Crippen LogP contribution in [0.5, 0.6) is 0 Å². The molecule has 312 valence electrons. The van der Waals surface area contributed by atoms with E-state index in [4.69, 9.17) is 33.2 Å². The van der Waals surface area contributed by atoms with Crippen LogP contribution in [0.1, 0.15) is 20.8 Å². The molecule has 4 saturated heterocycles. The Bertz CT molecular complexity index is 1250. The number of hydrogen-bond acceptors (Lipinski definition) is 21. The predicted molar refractivity (Wildman–Crippen MR) is 169 cm³/mol. The van der Waals surface area contributed by atoms with Crippen LogP contribution in [0.3, 0.4) is 0 Å². The number of rotatable bonds is 13. The lowest BCUT2D eigenvalue weighted by Crippen LogP contribution is -2.71. The van der Waals surface area contributed by atoms with Gasteiger partial charge in [0.25, 0.3) is 0 Å². The minimum atomic E-state index is -1.96. The van der Waals surface area contributed by atoms with Gasteiger partial charge in [0.05, 0.1) is 26.4 Å². The Morgan fingerprint density at radius 1 is 0.444 bits per heavy atom. The Balaban J connectivity index is 1.65. The molecule has 14 N–H and O–H groups in total. The first kappa shape index (κ1) is 44.4. The van der Waals surface area contributed by atoms with E-state index in [1.807, 2.05) is 0 Å². The molecule has 0 spiro atoms. The largest absolute Gasteiger partial charge is 0.394 e. The van der Waals surface area contributed by atoms with Crippen molar-refractivity contribution in [2.24, 2.45) is 0 Å². The molecule has 4 aliphatic heterocycles. The van der Waals surface area contributed by atoms with Crippen LogP contribution in [0.2, 0.25) is 0 Å². The summed E-state index contributed by atoms with van der Waals surface area (Å²) in [7, 11) is 0. The van der Waals surface area contributed by atoms with E-state index in [-0.39, 0.29) is 0 Å². The van der Waals surface area contributed by atoms with Gasteiger partial charge in [-0.25, -0.2) is 0 Å². The molecule has 4 aliphatic rings. The third kappa shape index (κ3) is 9.79. The number of amides is 3. The number of ether oxygens (including phenoxy) is 7. The van der Waals surface area contributed by atoms with Crippen molar-refractivity contribution in [3.8, 4) is 0 Å². The summed E-state index contributed by atoms with van der Waals surface area (Å²) in [6.45, 7) is -0.232. The number of aliphatic hydroxyl groups excluding tert-OH is 11. The van der Waals surface area contributed by atoms with Crippen molar-refractivity contribution in [2.45, 2.75) is 143 Å². The highest BCUT2D eigenvalue weighted by atomic mass is 16.7. The zero-order valence-electron chi connectivity index (χ0n) is 29.4. The standard InChI is InChI=1S/C30H51N3O21/c1-8(38)31-15-21(44)24(14(7-37)51-28(15)53-25-16(32-9(2)39)27(47)48-12(5-35)19(25)42)52-29-17(33-10(3)40)26(20(43)13(6-36)49-29)54-30-23(46)22(45)18(41)11(4-34)50-30/h11-30,34-37,41-47H,4-7H2,1-3H3,(H,31,38)(H,32,39)(H,33,40)/t11-,12-,13-,14-,15-,16-,17-,18-,19+,20-,21-,22+,23-,24+,25-,26-,27?,28-,29-,30-/m1/s1. The number of carbonyl (C=O) groups is 3. The number of nitrogens with one attached hydrogen (secondary N) is 3. The van der Waals surface area contributed by atoms with Gasteiger partial charge >= 0.3 is 0 Å². The van der Waals surface area contributed by atoms with Crippen LogP contribution in [-0.2, 0) is 47.5 Å². The van der Waals surface area contributed by atoms with Crippen molar-refractivity contribution in [1.29, 1.82) is 0 Å². The first-order chi connectivity index (χ1) is 25.5. The summed E-state index contributed by atoms with van der Waals surface area (Å²) in [6, 6.07) is -4.69. The SMILES string of the molecule is CC(=O)N[C@H]1[C@@H](O[C@H]2[C@@H](O)[C@@H](CO)OC(O)[C@@H]2NC(C)=O)O[C@H](CO)[C@H](O[C@H]2O[C@H](CO)[C@@H](O)[C@H](O[C@H]3O[C@H](CO)[C@@H](O)[C@H](O)[C@H]3O)[C@H]2NC(C)=O)[C@@H]1O. The second-order valence-corrected chi connectivity index (χ2v) is 13.3. The Morgan fingerprint density at radius 3 is 1.37 bits per heavy atom. The molecule has 0 aromatic carbocycles. The van der Waals surface area contributed by atoms with Gasteiger partial charge in [-0.3, -0.25) is 14.4 Å². The van der Waals surface area contributed by atoms with Gasteiger partial charge in [0, 0.05) is 20.8 Å². The zero-order chi connectivity index (χ0) is 40.2. The summed E-state index contributed by atoms with van der Waals surface area (Å²) in [6.07, 6.45) is -29.4. The summed E-state index contributed by atoms with van der Waals surface area (Å²) in [4.78, 5) is 36.7. The van der Waals surface area contributed by atoms with Crippen molar-refractivity contribution in [1.82, 2.24) is 16.0 Å². The molecule has 24 nitrogen and oxygen atoms in total. The quantitative estimate of drug-likeness (QED) is 0.0823. The van der Waals surface area contributed by atoms with Crippen molar-refractivity contribution < 1.29 is 104 Å². The van der Waals surface area contributed by atoms with Gasteiger partial charge in [-0.1, -0.05) is 0 Å².